The first-order valence-corrected chi connectivity index (χ1v) is 6.60. The number of aliphatic hydroxyl groups excluding tert-OH is 2. The first-order chi connectivity index (χ1) is 9.20. The normalized spacial score (nSPS) is 11.5. The van der Waals surface area contributed by atoms with Gasteiger partial charge in [-0.3, -0.25) is 0 Å². The summed E-state index contributed by atoms with van der Waals surface area (Å²) in [7, 11) is 0. The molecule has 0 atom stereocenters. The standard InChI is InChI=1S/C16H17ClO2/c17-15-8-6-14(7-9-15)16(11-18,12-19)10-13-4-2-1-3-5-13/h1-9,18-19H,10-12H2. The SMILES string of the molecule is OCC(CO)(Cc1ccccc1)c1ccc(Cl)cc1. The molecule has 19 heavy (non-hydrogen) atoms. The Hall–Kier alpha value is -1.35. The van der Waals surface area contributed by atoms with Gasteiger partial charge in [0.05, 0.1) is 13.2 Å². The van der Waals surface area contributed by atoms with Gasteiger partial charge < -0.3 is 10.2 Å². The van der Waals surface area contributed by atoms with Gasteiger partial charge in [-0.05, 0) is 29.7 Å². The fraction of sp³-hybridized carbons (Fsp3) is 0.250. The highest BCUT2D eigenvalue weighted by atomic mass is 35.5. The van der Waals surface area contributed by atoms with Gasteiger partial charge in [0.2, 0.25) is 0 Å². The van der Waals surface area contributed by atoms with Crippen LogP contribution in [0.5, 0.6) is 0 Å². The van der Waals surface area contributed by atoms with E-state index in [-0.39, 0.29) is 13.2 Å². The Kier molecular flexibility index (Phi) is 4.59. The van der Waals surface area contributed by atoms with Gasteiger partial charge in [-0.25, -0.2) is 0 Å². The Morgan fingerprint density at radius 3 is 1.95 bits per heavy atom. The van der Waals surface area contributed by atoms with Gasteiger partial charge in [-0.15, -0.1) is 0 Å². The smallest absolute Gasteiger partial charge is 0.0553 e. The maximum absolute atomic E-state index is 9.77. The van der Waals surface area contributed by atoms with Crippen molar-refractivity contribution in [3.8, 4) is 0 Å². The molecule has 2 aromatic rings. The molecule has 0 aliphatic heterocycles. The van der Waals surface area contributed by atoms with Crippen LogP contribution >= 0.6 is 11.6 Å². The summed E-state index contributed by atoms with van der Waals surface area (Å²) in [4.78, 5) is 0. The Balaban J connectivity index is 2.34. The van der Waals surface area contributed by atoms with Gasteiger partial charge in [0.1, 0.15) is 0 Å². The van der Waals surface area contributed by atoms with Crippen LogP contribution in [0.3, 0.4) is 0 Å². The molecular weight excluding hydrogens is 260 g/mol. The van der Waals surface area contributed by atoms with Crippen LogP contribution in [0, 0.1) is 0 Å². The van der Waals surface area contributed by atoms with E-state index in [0.29, 0.717) is 11.4 Å². The number of halogens is 1. The molecule has 2 rings (SSSR count). The van der Waals surface area contributed by atoms with Gasteiger partial charge in [0.25, 0.3) is 0 Å². The Labute approximate surface area is 118 Å². The molecular formula is C16H17ClO2. The van der Waals surface area contributed by atoms with Crippen LogP contribution in [0.25, 0.3) is 0 Å². The molecule has 0 spiro atoms. The zero-order valence-electron chi connectivity index (χ0n) is 10.6. The van der Waals surface area contributed by atoms with Crippen molar-refractivity contribution in [2.75, 3.05) is 13.2 Å². The monoisotopic (exact) mass is 276 g/mol. The van der Waals surface area contributed by atoms with Crippen LogP contribution in [-0.2, 0) is 11.8 Å². The number of hydrogen-bond donors (Lipinski definition) is 2. The molecule has 0 saturated heterocycles. The van der Waals surface area contributed by atoms with Crippen molar-refractivity contribution in [3.05, 3.63) is 70.7 Å². The molecule has 100 valence electrons. The maximum atomic E-state index is 9.77. The first kappa shape index (κ1) is 14.1. The predicted octanol–water partition coefficient (Wildman–Crippen LogP) is 2.81. The highest BCUT2D eigenvalue weighted by molar-refractivity contribution is 6.30. The summed E-state index contributed by atoms with van der Waals surface area (Å²) in [5, 5.41) is 20.2. The number of rotatable bonds is 5. The molecule has 0 saturated carbocycles. The van der Waals surface area contributed by atoms with Crippen LogP contribution in [0.4, 0.5) is 0 Å². The highest BCUT2D eigenvalue weighted by Crippen LogP contribution is 2.29. The minimum atomic E-state index is -0.675. The molecule has 0 heterocycles. The lowest BCUT2D eigenvalue weighted by Crippen LogP contribution is -2.37. The van der Waals surface area contributed by atoms with E-state index in [0.717, 1.165) is 11.1 Å². The molecule has 0 aliphatic carbocycles. The van der Waals surface area contributed by atoms with Crippen molar-refractivity contribution < 1.29 is 10.2 Å². The van der Waals surface area contributed by atoms with E-state index >= 15 is 0 Å². The lowest BCUT2D eigenvalue weighted by Gasteiger charge is -2.30. The maximum Gasteiger partial charge on any atom is 0.0553 e. The summed E-state index contributed by atoms with van der Waals surface area (Å²) in [5.41, 5.74) is 1.30. The van der Waals surface area contributed by atoms with Crippen LogP contribution in [0.2, 0.25) is 5.02 Å². The van der Waals surface area contributed by atoms with Crippen molar-refractivity contribution in [3.63, 3.8) is 0 Å². The second-order valence-electron chi connectivity index (χ2n) is 4.77. The van der Waals surface area contributed by atoms with E-state index in [1.165, 1.54) is 0 Å². The zero-order chi connectivity index (χ0) is 13.7. The molecule has 2 N–H and O–H groups in total. The molecule has 0 fully saturated rings. The summed E-state index contributed by atoms with van der Waals surface area (Å²) >= 11 is 5.88. The summed E-state index contributed by atoms with van der Waals surface area (Å²) in [6, 6.07) is 17.1. The minimum Gasteiger partial charge on any atom is -0.395 e. The number of aliphatic hydroxyl groups is 2. The van der Waals surface area contributed by atoms with E-state index in [9.17, 15) is 10.2 Å². The molecule has 2 nitrogen and oxygen atoms in total. The van der Waals surface area contributed by atoms with E-state index in [2.05, 4.69) is 0 Å². The van der Waals surface area contributed by atoms with Gasteiger partial charge in [0.15, 0.2) is 0 Å². The third kappa shape index (κ3) is 3.16. The molecule has 2 aromatic carbocycles. The van der Waals surface area contributed by atoms with Crippen LogP contribution in [0.15, 0.2) is 54.6 Å². The molecule has 0 aromatic heterocycles. The molecule has 0 unspecified atom stereocenters. The van der Waals surface area contributed by atoms with Crippen molar-refractivity contribution in [2.24, 2.45) is 0 Å². The fourth-order valence-electron chi connectivity index (χ4n) is 2.24. The number of hydrogen-bond acceptors (Lipinski definition) is 2. The van der Waals surface area contributed by atoms with Crippen LogP contribution in [-0.4, -0.2) is 23.4 Å². The molecule has 3 heteroatoms. The molecule has 0 amide bonds. The van der Waals surface area contributed by atoms with Crippen molar-refractivity contribution in [1.29, 1.82) is 0 Å². The molecule has 0 radical (unpaired) electrons. The zero-order valence-corrected chi connectivity index (χ0v) is 11.3. The lowest BCUT2D eigenvalue weighted by molar-refractivity contribution is 0.116. The van der Waals surface area contributed by atoms with Gasteiger partial charge >= 0.3 is 0 Å². The average Bonchev–Trinajstić information content (AvgIpc) is 2.47. The molecule has 0 bridgehead atoms. The van der Waals surface area contributed by atoms with E-state index in [1.807, 2.05) is 42.5 Å². The molecule has 0 aliphatic rings. The van der Waals surface area contributed by atoms with Crippen LogP contribution < -0.4 is 0 Å². The minimum absolute atomic E-state index is 0.111. The summed E-state index contributed by atoms with van der Waals surface area (Å²) in [6.07, 6.45) is 0.586. The van der Waals surface area contributed by atoms with Crippen molar-refractivity contribution in [2.45, 2.75) is 11.8 Å². The van der Waals surface area contributed by atoms with Gasteiger partial charge in [0, 0.05) is 10.4 Å². The average molecular weight is 277 g/mol. The van der Waals surface area contributed by atoms with Crippen molar-refractivity contribution in [1.82, 2.24) is 0 Å². The van der Waals surface area contributed by atoms with E-state index in [1.54, 1.807) is 12.1 Å². The van der Waals surface area contributed by atoms with Gasteiger partial charge in [-0.2, -0.15) is 0 Å². The topological polar surface area (TPSA) is 40.5 Å². The quantitative estimate of drug-likeness (QED) is 0.882. The summed E-state index contributed by atoms with van der Waals surface area (Å²) < 4.78 is 0. The van der Waals surface area contributed by atoms with E-state index in [4.69, 9.17) is 11.6 Å². The Morgan fingerprint density at radius 2 is 1.42 bits per heavy atom. The Bertz CT molecular complexity index is 504. The lowest BCUT2D eigenvalue weighted by atomic mass is 9.77. The first-order valence-electron chi connectivity index (χ1n) is 6.22. The number of benzene rings is 2. The summed E-state index contributed by atoms with van der Waals surface area (Å²) in [5.74, 6) is 0. The highest BCUT2D eigenvalue weighted by Gasteiger charge is 2.31. The van der Waals surface area contributed by atoms with Crippen LogP contribution in [0.1, 0.15) is 11.1 Å². The second kappa shape index (κ2) is 6.20. The predicted molar refractivity (Wildman–Crippen MR) is 77.4 cm³/mol. The third-order valence-corrected chi connectivity index (χ3v) is 3.70. The second-order valence-corrected chi connectivity index (χ2v) is 5.20. The largest absolute Gasteiger partial charge is 0.395 e. The third-order valence-electron chi connectivity index (χ3n) is 3.45. The Morgan fingerprint density at radius 1 is 0.842 bits per heavy atom. The fourth-order valence-corrected chi connectivity index (χ4v) is 2.36. The summed E-state index contributed by atoms with van der Waals surface area (Å²) in [6.45, 7) is -0.222. The van der Waals surface area contributed by atoms with E-state index < -0.39 is 5.41 Å². The van der Waals surface area contributed by atoms with Gasteiger partial charge in [-0.1, -0.05) is 54.1 Å². The van der Waals surface area contributed by atoms with Crippen molar-refractivity contribution >= 4 is 11.6 Å².